The average molecular weight is 737 g/mol. The molecule has 0 fully saturated rings. The zero-order valence-corrected chi connectivity index (χ0v) is 33.2. The van der Waals surface area contributed by atoms with E-state index in [4.69, 9.17) is 24.1 Å². The molecule has 0 amide bonds. The number of methoxy groups -OCH3 is 1. The third-order valence-corrected chi connectivity index (χ3v) is 15.2. The number of hydrogen-bond donors (Lipinski definition) is 1. The molecule has 0 unspecified atom stereocenters. The molecule has 0 aliphatic rings. The van der Waals surface area contributed by atoms with E-state index in [2.05, 4.69) is 114 Å². The van der Waals surface area contributed by atoms with E-state index in [-0.39, 0.29) is 5.04 Å². The summed E-state index contributed by atoms with van der Waals surface area (Å²) < 4.78 is 14.7. The average Bonchev–Trinajstić information content (AvgIpc) is 3.81. The first-order valence-electron chi connectivity index (χ1n) is 18.4. The number of H-pyrrole nitrogens is 1. The minimum atomic E-state index is -2.60. The normalized spacial score (nSPS) is 12.0. The highest BCUT2D eigenvalue weighted by Crippen LogP contribution is 2.37. The molecule has 2 aromatic carbocycles. The van der Waals surface area contributed by atoms with E-state index in [9.17, 15) is 0 Å². The maximum absolute atomic E-state index is 7.10. The Morgan fingerprint density at radius 2 is 1.57 bits per heavy atom. The second-order valence-corrected chi connectivity index (χ2v) is 19.1. The molecule has 5 heterocycles. The Hall–Kier alpha value is -5.65. The van der Waals surface area contributed by atoms with Crippen molar-refractivity contribution in [2.24, 2.45) is 7.05 Å². The number of nitrogens with zero attached hydrogens (tertiary/aromatic N) is 7. The molecule has 0 spiro atoms. The third kappa shape index (κ3) is 7.29. The Balaban J connectivity index is 1.04. The summed E-state index contributed by atoms with van der Waals surface area (Å²) in [4.78, 5) is 24.6. The van der Waals surface area contributed by atoms with Crippen LogP contribution in [0, 0.1) is 6.92 Å². The van der Waals surface area contributed by atoms with Gasteiger partial charge in [-0.25, -0.2) is 9.97 Å². The number of anilines is 1. The highest BCUT2D eigenvalue weighted by Gasteiger charge is 2.50. The van der Waals surface area contributed by atoms with Gasteiger partial charge in [-0.2, -0.15) is 10.1 Å². The molecule has 0 saturated heterocycles. The fraction of sp³-hybridized carbons (Fsp3) is 0.279. The Morgan fingerprint density at radius 3 is 2.20 bits per heavy atom. The maximum Gasteiger partial charge on any atom is 0.261 e. The molecule has 11 heteroatoms. The highest BCUT2D eigenvalue weighted by molar-refractivity contribution is 6.99. The minimum absolute atomic E-state index is 0.0723. The van der Waals surface area contributed by atoms with Gasteiger partial charge in [-0.05, 0) is 52.0 Å². The van der Waals surface area contributed by atoms with Gasteiger partial charge in [0.1, 0.15) is 5.65 Å². The van der Waals surface area contributed by atoms with Crippen molar-refractivity contribution in [3.63, 3.8) is 0 Å². The van der Waals surface area contributed by atoms with Crippen molar-refractivity contribution in [3.05, 3.63) is 127 Å². The van der Waals surface area contributed by atoms with Crippen LogP contribution in [0.2, 0.25) is 5.04 Å². The fourth-order valence-electron chi connectivity index (χ4n) is 7.33. The van der Waals surface area contributed by atoms with Crippen molar-refractivity contribution in [2.75, 3.05) is 32.2 Å². The summed E-state index contributed by atoms with van der Waals surface area (Å²) in [7, 11) is 2.97. The molecule has 0 aliphatic heterocycles. The number of aromatic amines is 1. The van der Waals surface area contributed by atoms with E-state index in [0.29, 0.717) is 24.9 Å². The van der Waals surface area contributed by atoms with Gasteiger partial charge < -0.3 is 19.0 Å². The highest BCUT2D eigenvalue weighted by atomic mass is 28.4. The zero-order chi connectivity index (χ0) is 37.9. The van der Waals surface area contributed by atoms with Crippen LogP contribution in [0.5, 0.6) is 5.88 Å². The number of rotatable bonds is 13. The van der Waals surface area contributed by atoms with Crippen molar-refractivity contribution in [3.8, 4) is 28.3 Å². The molecule has 7 aromatic rings. The smallest absolute Gasteiger partial charge is 0.261 e. The first kappa shape index (κ1) is 36.7. The first-order chi connectivity index (χ1) is 26.1. The summed E-state index contributed by atoms with van der Waals surface area (Å²) in [5.41, 5.74) is 7.66. The molecule has 54 heavy (non-hydrogen) atoms. The van der Waals surface area contributed by atoms with Gasteiger partial charge in [0.25, 0.3) is 8.32 Å². The summed E-state index contributed by atoms with van der Waals surface area (Å²) in [5, 5.41) is 7.89. The molecule has 5 aromatic heterocycles. The van der Waals surface area contributed by atoms with Crippen molar-refractivity contribution in [1.82, 2.24) is 34.7 Å². The number of hydrogen-bond acceptors (Lipinski definition) is 8. The van der Waals surface area contributed by atoms with E-state index < -0.39 is 8.32 Å². The van der Waals surface area contributed by atoms with Crippen LogP contribution in [0.1, 0.15) is 44.0 Å². The zero-order valence-electron chi connectivity index (χ0n) is 32.2. The van der Waals surface area contributed by atoms with Crippen molar-refractivity contribution < 1.29 is 9.16 Å². The van der Waals surface area contributed by atoms with Crippen molar-refractivity contribution in [1.29, 1.82) is 0 Å². The van der Waals surface area contributed by atoms with Crippen LogP contribution in [-0.4, -0.2) is 70.3 Å². The summed E-state index contributed by atoms with van der Waals surface area (Å²) >= 11 is 0. The van der Waals surface area contributed by atoms with E-state index in [1.165, 1.54) is 10.4 Å². The lowest BCUT2D eigenvalue weighted by atomic mass is 10.0. The number of nitrogens with one attached hydrogen (secondary N) is 1. The lowest BCUT2D eigenvalue weighted by Gasteiger charge is -2.43. The predicted molar refractivity (Wildman–Crippen MR) is 219 cm³/mol. The molecule has 276 valence electrons. The van der Waals surface area contributed by atoms with Crippen molar-refractivity contribution >= 4 is 35.7 Å². The Kier molecular flexibility index (Phi) is 10.4. The lowest BCUT2D eigenvalue weighted by molar-refractivity contribution is 0.293. The summed E-state index contributed by atoms with van der Waals surface area (Å²) in [5.74, 6) is 1.08. The van der Waals surface area contributed by atoms with Gasteiger partial charge in [0, 0.05) is 80.7 Å². The molecule has 10 nitrogen and oxygen atoms in total. The Morgan fingerprint density at radius 1 is 0.852 bits per heavy atom. The Labute approximate surface area is 318 Å². The largest absolute Gasteiger partial charge is 0.480 e. The van der Waals surface area contributed by atoms with E-state index in [1.807, 2.05) is 58.1 Å². The van der Waals surface area contributed by atoms with Crippen LogP contribution in [0.25, 0.3) is 33.4 Å². The standard InChI is InChI=1S/C43H48N8O2Si/c1-30-31(23-33-26-45-40-37(33)24-32(25-44-40)34-27-47-51(6)29-34)19-20-39(48-30)38-28-46-42(49-41(38)52-7)50(5)21-14-22-53-54(43(2,3)4,35-15-10-8-11-16-35)36-17-12-9-13-18-36/h8-13,15-20,24-29H,14,21-23H2,1-7H3,(H,44,45). The van der Waals surface area contributed by atoms with Gasteiger partial charge in [-0.1, -0.05) is 87.5 Å². The summed E-state index contributed by atoms with van der Waals surface area (Å²) in [6.45, 7) is 10.3. The minimum Gasteiger partial charge on any atom is -0.480 e. The van der Waals surface area contributed by atoms with Gasteiger partial charge in [0.15, 0.2) is 0 Å². The van der Waals surface area contributed by atoms with Crippen LogP contribution in [0.4, 0.5) is 5.95 Å². The van der Waals surface area contributed by atoms with Crippen LogP contribution in [0.15, 0.2) is 110 Å². The molecular formula is C43H48N8O2Si. The molecule has 1 N–H and O–H groups in total. The van der Waals surface area contributed by atoms with Gasteiger partial charge in [0.05, 0.1) is 24.6 Å². The van der Waals surface area contributed by atoms with Crippen LogP contribution < -0.4 is 20.0 Å². The quantitative estimate of drug-likeness (QED) is 0.0986. The fourth-order valence-corrected chi connectivity index (χ4v) is 11.9. The van der Waals surface area contributed by atoms with Gasteiger partial charge in [-0.3, -0.25) is 9.67 Å². The summed E-state index contributed by atoms with van der Waals surface area (Å²) in [6, 6.07) is 27.8. The van der Waals surface area contributed by atoms with Gasteiger partial charge >= 0.3 is 0 Å². The Bertz CT molecular complexity index is 2310. The SMILES string of the molecule is COc1nc(N(C)CCCO[Si](c2ccccc2)(c2ccccc2)C(C)(C)C)ncc1-c1ccc(Cc2c[nH]c3ncc(-c4cnn(C)c4)cc23)c(C)n1. The van der Waals surface area contributed by atoms with Crippen LogP contribution >= 0.6 is 0 Å². The number of aromatic nitrogens is 7. The van der Waals surface area contributed by atoms with E-state index >= 15 is 0 Å². The number of pyridine rings is 2. The number of aryl methyl sites for hydroxylation is 2. The van der Waals surface area contributed by atoms with Crippen molar-refractivity contribution in [2.45, 2.75) is 45.6 Å². The van der Waals surface area contributed by atoms with Crippen LogP contribution in [-0.2, 0) is 17.9 Å². The second-order valence-electron chi connectivity index (χ2n) is 14.8. The molecule has 0 bridgehead atoms. The first-order valence-corrected chi connectivity index (χ1v) is 20.3. The lowest BCUT2D eigenvalue weighted by Crippen LogP contribution is -2.66. The van der Waals surface area contributed by atoms with Gasteiger partial charge in [0.2, 0.25) is 11.8 Å². The molecular weight excluding hydrogens is 689 g/mol. The van der Waals surface area contributed by atoms with Crippen LogP contribution in [0.3, 0.4) is 0 Å². The summed E-state index contributed by atoms with van der Waals surface area (Å²) in [6.07, 6.45) is 11.1. The number of benzene rings is 2. The molecule has 7 rings (SSSR count). The monoisotopic (exact) mass is 736 g/mol. The third-order valence-electron chi connectivity index (χ3n) is 10.2. The molecule has 0 radical (unpaired) electrons. The maximum atomic E-state index is 7.10. The van der Waals surface area contributed by atoms with Gasteiger partial charge in [-0.15, -0.1) is 0 Å². The molecule has 0 aliphatic carbocycles. The second kappa shape index (κ2) is 15.4. The topological polar surface area (TPSA) is 107 Å². The molecule has 0 atom stereocenters. The molecule has 0 saturated carbocycles. The number of ether oxygens (including phenoxy) is 1. The van der Waals surface area contributed by atoms with E-state index in [0.717, 1.165) is 63.2 Å². The number of fused-ring (bicyclic) bond motifs is 1. The predicted octanol–water partition coefficient (Wildman–Crippen LogP) is 7.13. The van der Waals surface area contributed by atoms with E-state index in [1.54, 1.807) is 11.8 Å².